The summed E-state index contributed by atoms with van der Waals surface area (Å²) in [5.74, 6) is 0.485. The van der Waals surface area contributed by atoms with E-state index < -0.39 is 0 Å². The largest absolute Gasteiger partial charge is 0.380 e. The van der Waals surface area contributed by atoms with E-state index in [1.54, 1.807) is 14.0 Å². The molecule has 6 nitrogen and oxygen atoms in total. The zero-order valence-corrected chi connectivity index (χ0v) is 8.50. The van der Waals surface area contributed by atoms with Crippen molar-refractivity contribution < 1.29 is 9.53 Å². The molecule has 1 amide bonds. The number of aromatic amines is 1. The third-order valence-corrected chi connectivity index (χ3v) is 1.75. The Hall–Kier alpha value is -1.43. The van der Waals surface area contributed by atoms with Gasteiger partial charge < -0.3 is 10.1 Å². The molecule has 0 bridgehead atoms. The number of amides is 1. The normalized spacial score (nSPS) is 12.5. The molecule has 0 radical (unpaired) electrons. The Bertz CT molecular complexity index is 310. The topological polar surface area (TPSA) is 79.9 Å². The van der Waals surface area contributed by atoms with Crippen LogP contribution in [-0.2, 0) is 4.74 Å². The van der Waals surface area contributed by atoms with Gasteiger partial charge in [0, 0.05) is 13.7 Å². The molecular formula is C8H14N4O2. The molecular weight excluding hydrogens is 184 g/mol. The van der Waals surface area contributed by atoms with Gasteiger partial charge in [-0.3, -0.25) is 9.89 Å². The van der Waals surface area contributed by atoms with Crippen molar-refractivity contribution in [1.29, 1.82) is 0 Å². The van der Waals surface area contributed by atoms with Gasteiger partial charge >= 0.3 is 0 Å². The summed E-state index contributed by atoms with van der Waals surface area (Å²) in [5, 5.41) is 8.98. The van der Waals surface area contributed by atoms with Crippen molar-refractivity contribution in [2.45, 2.75) is 20.0 Å². The van der Waals surface area contributed by atoms with E-state index in [1.807, 2.05) is 6.92 Å². The SMILES string of the molecule is COC(C)CNC(=O)c1n[nH]c(C)n1. The standard InChI is InChI=1S/C8H14N4O2/c1-5(14-3)4-9-8(13)7-10-6(2)11-12-7/h5H,4H2,1-3H3,(H,9,13)(H,10,11,12). The fourth-order valence-corrected chi connectivity index (χ4v) is 0.843. The molecule has 1 unspecified atom stereocenters. The van der Waals surface area contributed by atoms with Crippen LogP contribution < -0.4 is 5.32 Å². The highest BCUT2D eigenvalue weighted by atomic mass is 16.5. The molecule has 0 saturated heterocycles. The first-order valence-corrected chi connectivity index (χ1v) is 4.33. The van der Waals surface area contributed by atoms with Gasteiger partial charge in [0.05, 0.1) is 6.10 Å². The third kappa shape index (κ3) is 2.81. The Balaban J connectivity index is 2.43. The van der Waals surface area contributed by atoms with Crippen molar-refractivity contribution >= 4 is 5.91 Å². The highest BCUT2D eigenvalue weighted by Gasteiger charge is 2.11. The first-order valence-electron chi connectivity index (χ1n) is 4.33. The number of hydrogen-bond acceptors (Lipinski definition) is 4. The number of rotatable bonds is 4. The quantitative estimate of drug-likeness (QED) is 0.706. The Morgan fingerprint density at radius 3 is 2.93 bits per heavy atom. The lowest BCUT2D eigenvalue weighted by molar-refractivity contribution is 0.0861. The summed E-state index contributed by atoms with van der Waals surface area (Å²) in [5.41, 5.74) is 0. The molecule has 1 heterocycles. The average Bonchev–Trinajstić information content (AvgIpc) is 2.60. The van der Waals surface area contributed by atoms with Crippen LogP contribution in [0.5, 0.6) is 0 Å². The van der Waals surface area contributed by atoms with E-state index in [0.717, 1.165) is 0 Å². The van der Waals surface area contributed by atoms with E-state index >= 15 is 0 Å². The lowest BCUT2D eigenvalue weighted by Crippen LogP contribution is -2.32. The Morgan fingerprint density at radius 2 is 2.43 bits per heavy atom. The Kier molecular flexibility index (Phi) is 3.58. The first kappa shape index (κ1) is 10.6. The molecule has 1 aromatic rings. The minimum absolute atomic E-state index is 0.0148. The van der Waals surface area contributed by atoms with E-state index in [-0.39, 0.29) is 17.8 Å². The smallest absolute Gasteiger partial charge is 0.291 e. The molecule has 6 heteroatoms. The summed E-state index contributed by atoms with van der Waals surface area (Å²) in [6, 6.07) is 0. The summed E-state index contributed by atoms with van der Waals surface area (Å²) < 4.78 is 4.98. The van der Waals surface area contributed by atoms with Gasteiger partial charge in [0.1, 0.15) is 5.82 Å². The van der Waals surface area contributed by atoms with E-state index in [2.05, 4.69) is 20.5 Å². The van der Waals surface area contributed by atoms with Gasteiger partial charge in [-0.15, -0.1) is 5.10 Å². The van der Waals surface area contributed by atoms with Gasteiger partial charge in [-0.2, -0.15) is 0 Å². The van der Waals surface area contributed by atoms with Crippen molar-refractivity contribution in [3.63, 3.8) is 0 Å². The van der Waals surface area contributed by atoms with E-state index in [9.17, 15) is 4.79 Å². The lowest BCUT2D eigenvalue weighted by atomic mass is 10.4. The fourth-order valence-electron chi connectivity index (χ4n) is 0.843. The van der Waals surface area contributed by atoms with Crippen molar-refractivity contribution in [2.24, 2.45) is 0 Å². The maximum Gasteiger partial charge on any atom is 0.291 e. The number of carbonyl (C=O) groups excluding carboxylic acids is 1. The van der Waals surface area contributed by atoms with Crippen LogP contribution in [-0.4, -0.2) is 40.8 Å². The molecule has 0 spiro atoms. The number of ether oxygens (including phenoxy) is 1. The number of hydrogen-bond donors (Lipinski definition) is 2. The van der Waals surface area contributed by atoms with E-state index in [0.29, 0.717) is 12.4 Å². The van der Waals surface area contributed by atoms with Crippen LogP contribution in [0.15, 0.2) is 0 Å². The molecule has 1 rings (SSSR count). The first-order chi connectivity index (χ1) is 6.63. The number of H-pyrrole nitrogens is 1. The van der Waals surface area contributed by atoms with Gasteiger partial charge in [-0.05, 0) is 13.8 Å². The van der Waals surface area contributed by atoms with Gasteiger partial charge in [0.2, 0.25) is 5.82 Å². The van der Waals surface area contributed by atoms with Crippen LogP contribution >= 0.6 is 0 Å². The molecule has 0 aliphatic carbocycles. The highest BCUT2D eigenvalue weighted by Crippen LogP contribution is 1.91. The van der Waals surface area contributed by atoms with Crippen LogP contribution in [0.2, 0.25) is 0 Å². The number of aromatic nitrogens is 3. The molecule has 0 saturated carbocycles. The molecule has 1 aromatic heterocycles. The number of nitrogens with zero attached hydrogens (tertiary/aromatic N) is 2. The van der Waals surface area contributed by atoms with Gasteiger partial charge in [-0.1, -0.05) is 0 Å². The van der Waals surface area contributed by atoms with Crippen molar-refractivity contribution in [1.82, 2.24) is 20.5 Å². The van der Waals surface area contributed by atoms with Crippen LogP contribution in [0.3, 0.4) is 0 Å². The fraction of sp³-hybridized carbons (Fsp3) is 0.625. The predicted octanol–water partition coefficient (Wildman–Crippen LogP) is -0.122. The lowest BCUT2D eigenvalue weighted by Gasteiger charge is -2.08. The van der Waals surface area contributed by atoms with Crippen LogP contribution in [0, 0.1) is 6.92 Å². The summed E-state index contributed by atoms with van der Waals surface area (Å²) in [4.78, 5) is 15.3. The summed E-state index contributed by atoms with van der Waals surface area (Å²) in [6.45, 7) is 4.05. The molecule has 0 aliphatic heterocycles. The molecule has 0 fully saturated rings. The Labute approximate surface area is 82.1 Å². The molecule has 2 N–H and O–H groups in total. The van der Waals surface area contributed by atoms with Gasteiger partial charge in [0.25, 0.3) is 5.91 Å². The van der Waals surface area contributed by atoms with Crippen LogP contribution in [0.4, 0.5) is 0 Å². The van der Waals surface area contributed by atoms with E-state index in [4.69, 9.17) is 4.74 Å². The predicted molar refractivity (Wildman–Crippen MR) is 49.9 cm³/mol. The molecule has 14 heavy (non-hydrogen) atoms. The highest BCUT2D eigenvalue weighted by molar-refractivity contribution is 5.90. The number of methoxy groups -OCH3 is 1. The van der Waals surface area contributed by atoms with Crippen LogP contribution in [0.25, 0.3) is 0 Å². The summed E-state index contributed by atoms with van der Waals surface area (Å²) in [7, 11) is 1.59. The molecule has 0 aliphatic rings. The maximum atomic E-state index is 11.4. The summed E-state index contributed by atoms with van der Waals surface area (Å²) in [6.07, 6.45) is -0.0148. The third-order valence-electron chi connectivity index (χ3n) is 1.75. The van der Waals surface area contributed by atoms with Gasteiger partial charge in [0.15, 0.2) is 0 Å². The number of nitrogens with one attached hydrogen (secondary N) is 2. The second-order valence-corrected chi connectivity index (χ2v) is 3.00. The number of aryl methyl sites for hydroxylation is 1. The zero-order chi connectivity index (χ0) is 10.6. The Morgan fingerprint density at radius 1 is 1.71 bits per heavy atom. The molecule has 0 aromatic carbocycles. The molecule has 1 atom stereocenters. The maximum absolute atomic E-state index is 11.4. The van der Waals surface area contributed by atoms with Crippen LogP contribution in [0.1, 0.15) is 23.4 Å². The van der Waals surface area contributed by atoms with Gasteiger partial charge in [-0.25, -0.2) is 4.98 Å². The molecule has 78 valence electrons. The number of carbonyl (C=O) groups is 1. The minimum Gasteiger partial charge on any atom is -0.380 e. The van der Waals surface area contributed by atoms with Crippen molar-refractivity contribution in [3.05, 3.63) is 11.6 Å². The second kappa shape index (κ2) is 4.71. The van der Waals surface area contributed by atoms with Crippen molar-refractivity contribution in [2.75, 3.05) is 13.7 Å². The summed E-state index contributed by atoms with van der Waals surface area (Å²) >= 11 is 0. The van der Waals surface area contributed by atoms with Crippen molar-refractivity contribution in [3.8, 4) is 0 Å². The van der Waals surface area contributed by atoms with E-state index in [1.165, 1.54) is 0 Å². The second-order valence-electron chi connectivity index (χ2n) is 3.00. The zero-order valence-electron chi connectivity index (χ0n) is 8.50. The minimum atomic E-state index is -0.293. The average molecular weight is 198 g/mol. The monoisotopic (exact) mass is 198 g/mol.